The Hall–Kier alpha value is -2.55. The molecule has 0 spiro atoms. The van der Waals surface area contributed by atoms with Crippen LogP contribution < -0.4 is 24.8 Å². The Balaban J connectivity index is 1.65. The summed E-state index contributed by atoms with van der Waals surface area (Å²) in [7, 11) is 1.64. The molecule has 1 aliphatic rings. The number of rotatable bonds is 6. The number of alkyl halides is 2. The Morgan fingerprint density at radius 3 is 2.62 bits per heavy atom. The summed E-state index contributed by atoms with van der Waals surface area (Å²) in [5.74, 6) is 1.48. The molecule has 2 heterocycles. The number of nitrogens with zero attached hydrogens (tertiary/aromatic N) is 1. The Morgan fingerprint density at radius 1 is 1.23 bits per heavy atom. The number of aryl methyl sites for hydroxylation is 1. The average Bonchev–Trinajstić information content (AvgIpc) is 3.22. The second-order valence-corrected chi connectivity index (χ2v) is 6.86. The third-order valence-electron chi connectivity index (χ3n) is 3.67. The number of hydrogen-bond acceptors (Lipinski definition) is 5. The Labute approximate surface area is 153 Å². The van der Waals surface area contributed by atoms with Crippen molar-refractivity contribution in [3.8, 4) is 17.2 Å². The number of nitrogens with one attached hydrogen (secondary N) is 2. The summed E-state index contributed by atoms with van der Waals surface area (Å²) in [5.41, 5.74) is 0.518. The summed E-state index contributed by atoms with van der Waals surface area (Å²) >= 11 is 1.70. The number of halogens is 2. The highest BCUT2D eigenvalue weighted by Crippen LogP contribution is 2.38. The Kier molecular flexibility index (Phi) is 5.77. The first-order valence-corrected chi connectivity index (χ1v) is 8.74. The number of guanidine groups is 1. The molecule has 26 heavy (non-hydrogen) atoms. The summed E-state index contributed by atoms with van der Waals surface area (Å²) in [5, 5.41) is 6.28. The van der Waals surface area contributed by atoms with E-state index in [9.17, 15) is 8.78 Å². The predicted octanol–water partition coefficient (Wildman–Crippen LogP) is 3.25. The van der Waals surface area contributed by atoms with E-state index in [-0.39, 0.29) is 19.1 Å². The fourth-order valence-electron chi connectivity index (χ4n) is 2.46. The SMILES string of the molecule is CN=C(NCc1ccc(C)s1)NCc1cc2c(cc1OC(F)F)OCO2. The van der Waals surface area contributed by atoms with Gasteiger partial charge in [-0.05, 0) is 25.1 Å². The lowest BCUT2D eigenvalue weighted by atomic mass is 10.1. The van der Waals surface area contributed by atoms with E-state index >= 15 is 0 Å². The van der Waals surface area contributed by atoms with Gasteiger partial charge in [0.05, 0.1) is 6.54 Å². The van der Waals surface area contributed by atoms with Gasteiger partial charge in [-0.2, -0.15) is 8.78 Å². The molecule has 1 aromatic heterocycles. The lowest BCUT2D eigenvalue weighted by molar-refractivity contribution is -0.0505. The van der Waals surface area contributed by atoms with Gasteiger partial charge in [0, 0.05) is 35.0 Å². The van der Waals surface area contributed by atoms with Crippen LogP contribution in [0.4, 0.5) is 8.78 Å². The molecule has 2 N–H and O–H groups in total. The predicted molar refractivity (Wildman–Crippen MR) is 95.3 cm³/mol. The van der Waals surface area contributed by atoms with E-state index in [1.54, 1.807) is 24.5 Å². The number of thiophene rings is 1. The van der Waals surface area contributed by atoms with Crippen LogP contribution in [0.5, 0.6) is 17.2 Å². The molecular formula is C17H19F2N3O3S. The maximum atomic E-state index is 12.7. The second-order valence-electron chi connectivity index (χ2n) is 5.48. The zero-order chi connectivity index (χ0) is 18.5. The fourth-order valence-corrected chi connectivity index (χ4v) is 3.29. The van der Waals surface area contributed by atoms with Crippen molar-refractivity contribution in [1.82, 2.24) is 10.6 Å². The number of fused-ring (bicyclic) bond motifs is 1. The second kappa shape index (κ2) is 8.22. The van der Waals surface area contributed by atoms with Crippen molar-refractivity contribution in [3.63, 3.8) is 0 Å². The zero-order valence-electron chi connectivity index (χ0n) is 14.3. The monoisotopic (exact) mass is 383 g/mol. The van der Waals surface area contributed by atoms with Crippen molar-refractivity contribution >= 4 is 17.3 Å². The van der Waals surface area contributed by atoms with Gasteiger partial charge in [-0.1, -0.05) is 0 Å². The molecule has 0 atom stereocenters. The largest absolute Gasteiger partial charge is 0.454 e. The third kappa shape index (κ3) is 4.54. The van der Waals surface area contributed by atoms with Crippen LogP contribution in [0.15, 0.2) is 29.3 Å². The highest BCUT2D eigenvalue weighted by Gasteiger charge is 2.20. The minimum Gasteiger partial charge on any atom is -0.454 e. The van der Waals surface area contributed by atoms with Crippen LogP contribution >= 0.6 is 11.3 Å². The minimum atomic E-state index is -2.92. The van der Waals surface area contributed by atoms with Crippen LogP contribution in [0.2, 0.25) is 0 Å². The van der Waals surface area contributed by atoms with Crippen LogP contribution in [0.25, 0.3) is 0 Å². The first kappa shape index (κ1) is 18.2. The maximum Gasteiger partial charge on any atom is 0.387 e. The zero-order valence-corrected chi connectivity index (χ0v) is 15.2. The highest BCUT2D eigenvalue weighted by atomic mass is 32.1. The van der Waals surface area contributed by atoms with Crippen molar-refractivity contribution in [2.24, 2.45) is 4.99 Å². The topological polar surface area (TPSA) is 64.1 Å². The van der Waals surface area contributed by atoms with Crippen molar-refractivity contribution in [2.45, 2.75) is 26.6 Å². The van der Waals surface area contributed by atoms with Gasteiger partial charge in [-0.25, -0.2) is 0 Å². The molecule has 0 saturated heterocycles. The van der Waals surface area contributed by atoms with Crippen molar-refractivity contribution in [3.05, 3.63) is 39.6 Å². The number of benzene rings is 1. The molecule has 2 aromatic rings. The summed E-state index contributed by atoms with van der Waals surface area (Å²) in [6.45, 7) is 0.0464. The molecule has 0 amide bonds. The van der Waals surface area contributed by atoms with E-state index in [0.717, 1.165) is 0 Å². The summed E-state index contributed by atoms with van der Waals surface area (Å²) in [6, 6.07) is 7.14. The lowest BCUT2D eigenvalue weighted by Gasteiger charge is -2.15. The van der Waals surface area contributed by atoms with E-state index in [2.05, 4.69) is 26.4 Å². The lowest BCUT2D eigenvalue weighted by Crippen LogP contribution is -2.36. The first-order chi connectivity index (χ1) is 12.5. The molecule has 0 bridgehead atoms. The van der Waals surface area contributed by atoms with Gasteiger partial charge in [0.2, 0.25) is 6.79 Å². The Morgan fingerprint density at radius 2 is 1.96 bits per heavy atom. The van der Waals surface area contributed by atoms with Gasteiger partial charge in [0.15, 0.2) is 17.5 Å². The molecule has 6 nitrogen and oxygen atoms in total. The van der Waals surface area contributed by atoms with Crippen LogP contribution in [-0.2, 0) is 13.1 Å². The van der Waals surface area contributed by atoms with E-state index in [0.29, 0.717) is 29.6 Å². The molecule has 1 aromatic carbocycles. The highest BCUT2D eigenvalue weighted by molar-refractivity contribution is 7.11. The van der Waals surface area contributed by atoms with Crippen molar-refractivity contribution in [2.75, 3.05) is 13.8 Å². The van der Waals surface area contributed by atoms with E-state index in [4.69, 9.17) is 9.47 Å². The molecule has 0 fully saturated rings. The van der Waals surface area contributed by atoms with Gasteiger partial charge < -0.3 is 24.8 Å². The molecule has 0 unspecified atom stereocenters. The average molecular weight is 383 g/mol. The van der Waals surface area contributed by atoms with E-state index < -0.39 is 6.61 Å². The van der Waals surface area contributed by atoms with Crippen LogP contribution in [0, 0.1) is 6.92 Å². The molecule has 0 saturated carbocycles. The van der Waals surface area contributed by atoms with Crippen LogP contribution in [0.3, 0.4) is 0 Å². The smallest absolute Gasteiger partial charge is 0.387 e. The molecule has 9 heteroatoms. The van der Waals surface area contributed by atoms with E-state index in [1.165, 1.54) is 15.8 Å². The normalized spacial score (nSPS) is 13.2. The van der Waals surface area contributed by atoms with Crippen molar-refractivity contribution < 1.29 is 23.0 Å². The number of ether oxygens (including phenoxy) is 3. The van der Waals surface area contributed by atoms with Crippen molar-refractivity contribution in [1.29, 1.82) is 0 Å². The van der Waals surface area contributed by atoms with Gasteiger partial charge in [0.1, 0.15) is 5.75 Å². The standard InChI is InChI=1S/C17H19F2N3O3S/c1-10-3-4-12(26-10)8-22-17(20-2)21-7-11-5-14-15(24-9-23-14)6-13(11)25-16(18)19/h3-6,16H,7-9H2,1-2H3,(H2,20,21,22). The molecule has 0 aliphatic carbocycles. The molecular weight excluding hydrogens is 364 g/mol. The molecule has 3 rings (SSSR count). The van der Waals surface area contributed by atoms with Gasteiger partial charge in [-0.15, -0.1) is 11.3 Å². The number of aliphatic imine (C=N–C) groups is 1. The van der Waals surface area contributed by atoms with Gasteiger partial charge in [-0.3, -0.25) is 4.99 Å². The van der Waals surface area contributed by atoms with Gasteiger partial charge >= 0.3 is 6.61 Å². The maximum absolute atomic E-state index is 12.7. The quantitative estimate of drug-likeness (QED) is 0.592. The Bertz CT molecular complexity index is 796. The fraction of sp³-hybridized carbons (Fsp3) is 0.353. The summed E-state index contributed by atoms with van der Waals surface area (Å²) in [6.07, 6.45) is 0. The first-order valence-electron chi connectivity index (χ1n) is 7.92. The van der Waals surface area contributed by atoms with E-state index in [1.807, 2.05) is 13.0 Å². The van der Waals surface area contributed by atoms with Crippen LogP contribution in [-0.4, -0.2) is 26.4 Å². The summed E-state index contributed by atoms with van der Waals surface area (Å²) < 4.78 is 40.5. The third-order valence-corrected chi connectivity index (χ3v) is 4.67. The summed E-state index contributed by atoms with van der Waals surface area (Å²) in [4.78, 5) is 6.55. The van der Waals surface area contributed by atoms with Gasteiger partial charge in [0.25, 0.3) is 0 Å². The minimum absolute atomic E-state index is 0.0427. The number of hydrogen-bond donors (Lipinski definition) is 2. The van der Waals surface area contributed by atoms with Crippen LogP contribution in [0.1, 0.15) is 15.3 Å². The molecule has 0 radical (unpaired) electrons. The molecule has 1 aliphatic heterocycles. The molecule has 140 valence electrons.